The first-order chi connectivity index (χ1) is 4.71. The molecule has 5 nitrogen and oxygen atoms in total. The van der Waals surface area contributed by atoms with Gasteiger partial charge in [0.05, 0.1) is 0 Å². The number of rotatable bonds is 0. The number of thioether (sulfide) groups is 1. The molecule has 0 aromatic heterocycles. The van der Waals surface area contributed by atoms with Gasteiger partial charge in [-0.15, -0.1) is 5.84 Å². The highest BCUT2D eigenvalue weighted by atomic mass is 32.2. The van der Waals surface area contributed by atoms with Gasteiger partial charge in [0.2, 0.25) is 11.4 Å². The molecular formula is C4H5N4OS+. The summed E-state index contributed by atoms with van der Waals surface area (Å²) in [6, 6.07) is 0. The Balaban J connectivity index is 2.41. The maximum absolute atomic E-state index is 10.7. The average molecular weight is 157 g/mol. The quantitative estimate of drug-likeness (QED) is 0.381. The summed E-state index contributed by atoms with van der Waals surface area (Å²) in [4.78, 5) is 14.5. The molecule has 6 heteroatoms. The molecule has 0 aromatic carbocycles. The fraction of sp³-hybridized carbons (Fsp3) is 0. The van der Waals surface area contributed by atoms with E-state index in [1.165, 1.54) is 6.34 Å². The van der Waals surface area contributed by atoms with Gasteiger partial charge in [-0.05, 0) is 0 Å². The Labute approximate surface area is 61.1 Å². The van der Waals surface area contributed by atoms with E-state index >= 15 is 0 Å². The summed E-state index contributed by atoms with van der Waals surface area (Å²) < 4.78 is -0.163. The average Bonchev–Trinajstić information content (AvgIpc) is 2.20. The predicted octanol–water partition coefficient (Wildman–Crippen LogP) is -0.111. The molecule has 0 aliphatic carbocycles. The molecule has 1 unspecified atom stereocenters. The lowest BCUT2D eigenvalue weighted by molar-refractivity contribution is -0.830. The summed E-state index contributed by atoms with van der Waals surface area (Å²) >= 11 is 1.07. The van der Waals surface area contributed by atoms with Gasteiger partial charge in [0.25, 0.3) is 0 Å². The topological polar surface area (TPSA) is 67.5 Å². The van der Waals surface area contributed by atoms with Crippen molar-refractivity contribution in [1.29, 1.82) is 0 Å². The van der Waals surface area contributed by atoms with Crippen LogP contribution in [0.1, 0.15) is 0 Å². The van der Waals surface area contributed by atoms with Crippen molar-refractivity contribution in [2.75, 3.05) is 0 Å². The summed E-state index contributed by atoms with van der Waals surface area (Å²) in [7, 11) is 0. The van der Waals surface area contributed by atoms with Gasteiger partial charge in [0, 0.05) is 11.8 Å². The molecule has 0 bridgehead atoms. The van der Waals surface area contributed by atoms with Gasteiger partial charge in [0.15, 0.2) is 0 Å². The van der Waals surface area contributed by atoms with Crippen LogP contribution in [0.15, 0.2) is 16.2 Å². The zero-order valence-electron chi connectivity index (χ0n) is 4.94. The van der Waals surface area contributed by atoms with E-state index in [1.807, 2.05) is 0 Å². The molecular weight excluding hydrogens is 152 g/mol. The number of amides is 1. The highest BCUT2D eigenvalue weighted by Gasteiger charge is 2.43. The second kappa shape index (κ2) is 1.60. The lowest BCUT2D eigenvalue weighted by Gasteiger charge is -2.14. The minimum absolute atomic E-state index is 0.139. The number of quaternary nitrogens is 1. The molecule has 2 heterocycles. The first kappa shape index (κ1) is 5.90. The molecule has 0 spiro atoms. The second-order valence-corrected chi connectivity index (χ2v) is 3.00. The largest absolute Gasteiger partial charge is 0.335 e. The Morgan fingerprint density at radius 3 is 3.30 bits per heavy atom. The molecule has 1 amide bonds. The molecule has 52 valence electrons. The highest BCUT2D eigenvalue weighted by molar-refractivity contribution is 8.16. The van der Waals surface area contributed by atoms with Gasteiger partial charge in [-0.1, -0.05) is 4.70 Å². The van der Waals surface area contributed by atoms with Gasteiger partial charge in [-0.2, -0.15) is 5.43 Å². The molecule has 1 atom stereocenters. The van der Waals surface area contributed by atoms with Crippen LogP contribution >= 0.6 is 11.8 Å². The first-order valence-corrected chi connectivity index (χ1v) is 3.45. The van der Waals surface area contributed by atoms with Crippen LogP contribution in [-0.2, 0) is 0 Å². The maximum Gasteiger partial charge on any atom is 0.335 e. The van der Waals surface area contributed by atoms with Crippen molar-refractivity contribution < 1.29 is 9.50 Å². The fourth-order valence-corrected chi connectivity index (χ4v) is 1.55. The first-order valence-electron chi connectivity index (χ1n) is 2.63. The van der Waals surface area contributed by atoms with Crippen molar-refractivity contribution in [3.8, 4) is 0 Å². The summed E-state index contributed by atoms with van der Waals surface area (Å²) in [5.41, 5.74) is 2.51. The number of carbonyl (C=O) groups excluding carboxylic acids is 1. The van der Waals surface area contributed by atoms with Gasteiger partial charge < -0.3 is 0 Å². The number of hydrogen-bond donors (Lipinski definition) is 2. The van der Waals surface area contributed by atoms with Crippen molar-refractivity contribution in [1.82, 2.24) is 5.43 Å². The Morgan fingerprint density at radius 1 is 1.80 bits per heavy atom. The number of carbonyl (C=O) groups is 1. The molecule has 2 rings (SSSR count). The third kappa shape index (κ3) is 0.605. The van der Waals surface area contributed by atoms with Crippen molar-refractivity contribution in [2.45, 2.75) is 0 Å². The van der Waals surface area contributed by atoms with Crippen LogP contribution in [0.3, 0.4) is 0 Å². The predicted molar refractivity (Wildman–Crippen MR) is 37.1 cm³/mol. The molecule has 2 aliphatic rings. The molecule has 3 N–H and O–H groups in total. The SMILES string of the molecule is N[N+]12C=NC=C1SC(=O)N2. The summed E-state index contributed by atoms with van der Waals surface area (Å²) in [6.07, 6.45) is 3.04. The van der Waals surface area contributed by atoms with E-state index < -0.39 is 0 Å². The number of nitrogens with two attached hydrogens (primary N) is 1. The van der Waals surface area contributed by atoms with Gasteiger partial charge in [-0.3, -0.25) is 4.79 Å². The zero-order valence-corrected chi connectivity index (χ0v) is 5.76. The van der Waals surface area contributed by atoms with E-state index in [-0.39, 0.29) is 9.94 Å². The van der Waals surface area contributed by atoms with Crippen LogP contribution in [-0.4, -0.2) is 16.3 Å². The van der Waals surface area contributed by atoms with E-state index in [4.69, 9.17) is 5.84 Å². The Kier molecular flexibility index (Phi) is 0.942. The number of fused-ring (bicyclic) bond motifs is 1. The van der Waals surface area contributed by atoms with Gasteiger partial charge in [0.1, 0.15) is 6.20 Å². The fourth-order valence-electron chi connectivity index (χ4n) is 0.809. The van der Waals surface area contributed by atoms with Gasteiger partial charge in [-0.25, -0.2) is 4.99 Å². The van der Waals surface area contributed by atoms with E-state index in [2.05, 4.69) is 10.4 Å². The van der Waals surface area contributed by atoms with Crippen LogP contribution < -0.4 is 11.3 Å². The van der Waals surface area contributed by atoms with E-state index in [9.17, 15) is 4.79 Å². The van der Waals surface area contributed by atoms with Crippen molar-refractivity contribution in [2.24, 2.45) is 10.8 Å². The van der Waals surface area contributed by atoms with E-state index in [0.29, 0.717) is 5.03 Å². The van der Waals surface area contributed by atoms with Crippen LogP contribution in [0.2, 0.25) is 0 Å². The standard InChI is InChI=1S/C4H4N4OS/c5-8-2-6-1-3(8)10-4(9)7-8/h1-2H,5H2/p+1. The maximum atomic E-state index is 10.7. The lowest BCUT2D eigenvalue weighted by atomic mass is 10.9. The Hall–Kier alpha value is -0.850. The second-order valence-electron chi connectivity index (χ2n) is 2.01. The smallest absolute Gasteiger partial charge is 0.256 e. The highest BCUT2D eigenvalue weighted by Crippen LogP contribution is 2.31. The molecule has 1 saturated heterocycles. The minimum Gasteiger partial charge on any atom is -0.256 e. The van der Waals surface area contributed by atoms with E-state index in [1.54, 1.807) is 6.20 Å². The normalized spacial score (nSPS) is 35.7. The number of aliphatic imine (C=N–C) groups is 1. The number of nitrogens with one attached hydrogen (secondary N) is 1. The summed E-state index contributed by atoms with van der Waals surface area (Å²) in [6.45, 7) is 0. The van der Waals surface area contributed by atoms with Crippen molar-refractivity contribution in [3.63, 3.8) is 0 Å². The Morgan fingerprint density at radius 2 is 2.60 bits per heavy atom. The molecule has 10 heavy (non-hydrogen) atoms. The van der Waals surface area contributed by atoms with Crippen LogP contribution in [0.5, 0.6) is 0 Å². The minimum atomic E-state index is -0.163. The molecule has 0 radical (unpaired) electrons. The van der Waals surface area contributed by atoms with Gasteiger partial charge >= 0.3 is 5.24 Å². The van der Waals surface area contributed by atoms with E-state index in [0.717, 1.165) is 11.8 Å². The third-order valence-corrected chi connectivity index (χ3v) is 2.17. The summed E-state index contributed by atoms with van der Waals surface area (Å²) in [5, 5.41) is 0.574. The molecule has 0 aromatic rings. The lowest BCUT2D eigenvalue weighted by Crippen LogP contribution is -2.56. The third-order valence-electron chi connectivity index (χ3n) is 1.27. The van der Waals surface area contributed by atoms with Crippen LogP contribution in [0.4, 0.5) is 4.79 Å². The Bertz CT molecular complexity index is 260. The molecule has 1 fully saturated rings. The van der Waals surface area contributed by atoms with Crippen LogP contribution in [0, 0.1) is 0 Å². The van der Waals surface area contributed by atoms with Crippen molar-refractivity contribution >= 4 is 23.3 Å². The monoisotopic (exact) mass is 157 g/mol. The summed E-state index contributed by atoms with van der Waals surface area (Å²) in [5.74, 6) is 5.62. The van der Waals surface area contributed by atoms with Crippen molar-refractivity contribution in [3.05, 3.63) is 11.2 Å². The van der Waals surface area contributed by atoms with Crippen LogP contribution in [0.25, 0.3) is 0 Å². The number of nitrogens with zero attached hydrogens (tertiary/aromatic N) is 2. The number of hydrogen-bond acceptors (Lipinski definition) is 4. The zero-order chi connectivity index (χ0) is 7.19. The molecule has 0 saturated carbocycles. The molecule has 2 aliphatic heterocycles.